The monoisotopic (exact) mass is 276 g/mol. The van der Waals surface area contributed by atoms with E-state index >= 15 is 0 Å². The van der Waals surface area contributed by atoms with E-state index < -0.39 is 42.1 Å². The predicted molar refractivity (Wildman–Crippen MR) is 60.2 cm³/mol. The number of methoxy groups -OCH3 is 2. The van der Waals surface area contributed by atoms with Crippen molar-refractivity contribution in [2.75, 3.05) is 14.2 Å². The molecule has 0 atom stereocenters. The number of aliphatic carboxylic acids is 2. The molecule has 0 aliphatic rings. The summed E-state index contributed by atoms with van der Waals surface area (Å²) in [5.74, 6) is -4.64. The normalized spacial score (nSPS) is 10.6. The molecule has 108 valence electrons. The summed E-state index contributed by atoms with van der Waals surface area (Å²) in [5.41, 5.74) is -2.21. The molecule has 0 saturated carbocycles. The first-order valence-electron chi connectivity index (χ1n) is 5.40. The average Bonchev–Trinajstić information content (AvgIpc) is 2.37. The Kier molecular flexibility index (Phi) is 6.53. The van der Waals surface area contributed by atoms with Gasteiger partial charge in [-0.05, 0) is 12.8 Å². The van der Waals surface area contributed by atoms with E-state index in [4.69, 9.17) is 10.2 Å². The average molecular weight is 276 g/mol. The van der Waals surface area contributed by atoms with Gasteiger partial charge < -0.3 is 19.7 Å². The number of rotatable bonds is 8. The van der Waals surface area contributed by atoms with E-state index in [1.54, 1.807) is 0 Å². The molecule has 0 fully saturated rings. The standard InChI is InChI=1S/C11H16O8/c1-18-7(12)3-5-11(9(14)15,10(16)17)6-4-8(13)19-2/h3-6H2,1-2H3,(H,14,15)(H,16,17). The van der Waals surface area contributed by atoms with Crippen LogP contribution < -0.4 is 0 Å². The highest BCUT2D eigenvalue weighted by molar-refractivity contribution is 5.98. The van der Waals surface area contributed by atoms with E-state index in [0.29, 0.717) is 0 Å². The van der Waals surface area contributed by atoms with Gasteiger partial charge in [0.05, 0.1) is 14.2 Å². The van der Waals surface area contributed by atoms with Crippen LogP contribution in [-0.2, 0) is 28.7 Å². The van der Waals surface area contributed by atoms with Crippen molar-refractivity contribution in [1.82, 2.24) is 0 Å². The van der Waals surface area contributed by atoms with Crippen LogP contribution in [0.1, 0.15) is 25.7 Å². The Morgan fingerprint density at radius 1 is 0.842 bits per heavy atom. The van der Waals surface area contributed by atoms with Gasteiger partial charge in [0.1, 0.15) is 0 Å². The lowest BCUT2D eigenvalue weighted by Gasteiger charge is -2.23. The number of carboxylic acid groups (broad SMARTS) is 2. The van der Waals surface area contributed by atoms with Crippen molar-refractivity contribution < 1.29 is 38.9 Å². The molecule has 0 aromatic carbocycles. The van der Waals surface area contributed by atoms with Crippen molar-refractivity contribution in [2.45, 2.75) is 25.7 Å². The van der Waals surface area contributed by atoms with E-state index in [1.807, 2.05) is 0 Å². The van der Waals surface area contributed by atoms with Crippen molar-refractivity contribution in [3.8, 4) is 0 Å². The lowest BCUT2D eigenvalue weighted by atomic mass is 9.79. The summed E-state index contributed by atoms with van der Waals surface area (Å²) in [6, 6.07) is 0. The summed E-state index contributed by atoms with van der Waals surface area (Å²) < 4.78 is 8.67. The van der Waals surface area contributed by atoms with Crippen LogP contribution in [0.4, 0.5) is 0 Å². The number of hydrogen-bond donors (Lipinski definition) is 2. The fourth-order valence-corrected chi connectivity index (χ4v) is 1.48. The summed E-state index contributed by atoms with van der Waals surface area (Å²) in [6.45, 7) is 0. The quantitative estimate of drug-likeness (QED) is 0.470. The van der Waals surface area contributed by atoms with Gasteiger partial charge >= 0.3 is 23.9 Å². The van der Waals surface area contributed by atoms with Gasteiger partial charge in [-0.1, -0.05) is 0 Å². The van der Waals surface area contributed by atoms with Gasteiger partial charge in [-0.2, -0.15) is 0 Å². The molecule has 0 aromatic rings. The first kappa shape index (κ1) is 16.9. The number of carbonyl (C=O) groups excluding carboxylic acids is 2. The Hall–Kier alpha value is -2.12. The Morgan fingerprint density at radius 3 is 1.37 bits per heavy atom. The third-order valence-electron chi connectivity index (χ3n) is 2.79. The minimum absolute atomic E-state index is 0.365. The lowest BCUT2D eigenvalue weighted by Crippen LogP contribution is -2.40. The second-order valence-corrected chi connectivity index (χ2v) is 3.84. The molecule has 0 amide bonds. The van der Waals surface area contributed by atoms with Crippen LogP contribution >= 0.6 is 0 Å². The van der Waals surface area contributed by atoms with Crippen LogP contribution in [0.2, 0.25) is 0 Å². The van der Waals surface area contributed by atoms with Gasteiger partial charge in [0, 0.05) is 12.8 Å². The molecule has 0 bridgehead atoms. The van der Waals surface area contributed by atoms with Gasteiger partial charge in [-0.15, -0.1) is 0 Å². The van der Waals surface area contributed by atoms with Crippen molar-refractivity contribution in [3.63, 3.8) is 0 Å². The molecular weight excluding hydrogens is 260 g/mol. The predicted octanol–water partition coefficient (Wildman–Crippen LogP) is 0.0484. The van der Waals surface area contributed by atoms with Crippen LogP contribution in [0.25, 0.3) is 0 Å². The number of ether oxygens (including phenoxy) is 2. The largest absolute Gasteiger partial charge is 0.480 e. The summed E-state index contributed by atoms with van der Waals surface area (Å²) >= 11 is 0. The summed E-state index contributed by atoms with van der Waals surface area (Å²) in [5, 5.41) is 18.2. The zero-order chi connectivity index (χ0) is 15.1. The zero-order valence-corrected chi connectivity index (χ0v) is 10.7. The molecule has 0 saturated heterocycles. The molecule has 19 heavy (non-hydrogen) atoms. The van der Waals surface area contributed by atoms with Crippen molar-refractivity contribution in [2.24, 2.45) is 5.41 Å². The number of carbonyl (C=O) groups is 4. The van der Waals surface area contributed by atoms with Crippen LogP contribution in [0.5, 0.6) is 0 Å². The topological polar surface area (TPSA) is 127 Å². The van der Waals surface area contributed by atoms with Gasteiger partial charge in [0.25, 0.3) is 0 Å². The number of esters is 2. The molecule has 0 heterocycles. The molecule has 0 radical (unpaired) electrons. The summed E-state index contributed by atoms with van der Waals surface area (Å²) in [6.07, 6.45) is -1.64. The second-order valence-electron chi connectivity index (χ2n) is 3.84. The van der Waals surface area contributed by atoms with E-state index in [9.17, 15) is 19.2 Å². The maximum Gasteiger partial charge on any atom is 0.321 e. The van der Waals surface area contributed by atoms with E-state index in [1.165, 1.54) is 0 Å². The van der Waals surface area contributed by atoms with Gasteiger partial charge in [0.15, 0.2) is 5.41 Å². The smallest absolute Gasteiger partial charge is 0.321 e. The maximum absolute atomic E-state index is 11.2. The summed E-state index contributed by atoms with van der Waals surface area (Å²) in [4.78, 5) is 44.4. The van der Waals surface area contributed by atoms with Crippen molar-refractivity contribution in [3.05, 3.63) is 0 Å². The zero-order valence-electron chi connectivity index (χ0n) is 10.7. The summed E-state index contributed by atoms with van der Waals surface area (Å²) in [7, 11) is 2.22. The molecule has 8 heteroatoms. The van der Waals surface area contributed by atoms with Crippen LogP contribution in [-0.4, -0.2) is 48.3 Å². The van der Waals surface area contributed by atoms with E-state index in [-0.39, 0.29) is 12.8 Å². The van der Waals surface area contributed by atoms with Crippen LogP contribution in [0, 0.1) is 5.41 Å². The van der Waals surface area contributed by atoms with Gasteiger partial charge in [-0.3, -0.25) is 19.2 Å². The van der Waals surface area contributed by atoms with Crippen LogP contribution in [0.15, 0.2) is 0 Å². The Labute approximate surface area is 109 Å². The molecule has 0 unspecified atom stereocenters. The number of carboxylic acids is 2. The highest BCUT2D eigenvalue weighted by Crippen LogP contribution is 2.31. The first-order chi connectivity index (χ1) is 8.80. The maximum atomic E-state index is 11.2. The Balaban J connectivity index is 4.98. The minimum Gasteiger partial charge on any atom is -0.480 e. The van der Waals surface area contributed by atoms with E-state index in [0.717, 1.165) is 14.2 Å². The van der Waals surface area contributed by atoms with E-state index in [2.05, 4.69) is 9.47 Å². The Bertz CT molecular complexity index is 337. The molecule has 0 rings (SSSR count). The molecular formula is C11H16O8. The molecule has 0 spiro atoms. The third kappa shape index (κ3) is 4.57. The van der Waals surface area contributed by atoms with Gasteiger partial charge in [-0.25, -0.2) is 0 Å². The minimum atomic E-state index is -2.21. The highest BCUT2D eigenvalue weighted by Gasteiger charge is 2.46. The fraction of sp³-hybridized carbons (Fsp3) is 0.636. The van der Waals surface area contributed by atoms with Crippen LogP contribution in [0.3, 0.4) is 0 Å². The first-order valence-corrected chi connectivity index (χ1v) is 5.40. The molecule has 8 nitrogen and oxygen atoms in total. The fourth-order valence-electron chi connectivity index (χ4n) is 1.48. The molecule has 0 aromatic heterocycles. The number of hydrogen-bond acceptors (Lipinski definition) is 6. The lowest BCUT2D eigenvalue weighted by molar-refractivity contribution is -0.166. The SMILES string of the molecule is COC(=O)CCC(CCC(=O)OC)(C(=O)O)C(=O)O. The van der Waals surface area contributed by atoms with Crippen molar-refractivity contribution in [1.29, 1.82) is 0 Å². The third-order valence-corrected chi connectivity index (χ3v) is 2.79. The highest BCUT2D eigenvalue weighted by atomic mass is 16.5. The second kappa shape index (κ2) is 7.34. The van der Waals surface area contributed by atoms with Gasteiger partial charge in [0.2, 0.25) is 0 Å². The molecule has 0 aliphatic heterocycles. The molecule has 2 N–H and O–H groups in total. The Morgan fingerprint density at radius 2 is 1.16 bits per heavy atom. The van der Waals surface area contributed by atoms with Crippen molar-refractivity contribution >= 4 is 23.9 Å². The molecule has 0 aliphatic carbocycles.